The Kier molecular flexibility index (Phi) is 20.6. The lowest BCUT2D eigenvalue weighted by atomic mass is 10.0. The van der Waals surface area contributed by atoms with E-state index in [1.807, 2.05) is 0 Å². The van der Waals surface area contributed by atoms with E-state index in [2.05, 4.69) is 34.9 Å². The molecule has 8 nitrogen and oxygen atoms in total. The number of urea groups is 2. The fraction of sp³-hybridized carbons (Fsp3) is 0.833. The van der Waals surface area contributed by atoms with Gasteiger partial charge in [-0.15, -0.1) is 0 Å². The van der Waals surface area contributed by atoms with E-state index in [1.54, 1.807) is 0 Å². The van der Waals surface area contributed by atoms with Gasteiger partial charge in [0.1, 0.15) is 0 Å². The Labute approximate surface area is 195 Å². The first-order valence-electron chi connectivity index (χ1n) is 12.7. The summed E-state index contributed by atoms with van der Waals surface area (Å²) in [6.07, 6.45) is 20.1. The Bertz CT molecular complexity index is 501. The van der Waals surface area contributed by atoms with E-state index in [4.69, 9.17) is 11.5 Å². The Morgan fingerprint density at radius 3 is 1.09 bits per heavy atom. The molecule has 0 aliphatic carbocycles. The molecular formula is C24H48N6O2. The summed E-state index contributed by atoms with van der Waals surface area (Å²) in [6, 6.07) is -1.20. The van der Waals surface area contributed by atoms with E-state index >= 15 is 0 Å². The Balaban J connectivity index is 4.06. The number of nitrogens with two attached hydrogens (primary N) is 2. The SMILES string of the molecule is CCCCCCC(CCCCCCCCC(CCCCCC)=NNC(N)=O)=NNC(N)=O. The molecule has 186 valence electrons. The predicted molar refractivity (Wildman–Crippen MR) is 135 cm³/mol. The molecule has 0 aliphatic rings. The van der Waals surface area contributed by atoms with E-state index in [9.17, 15) is 9.59 Å². The topological polar surface area (TPSA) is 135 Å². The maximum absolute atomic E-state index is 10.9. The third kappa shape index (κ3) is 21.1. The number of nitrogens with zero attached hydrogens (tertiary/aromatic N) is 2. The molecule has 0 heterocycles. The molecule has 0 rings (SSSR count). The molecule has 6 N–H and O–H groups in total. The molecule has 4 amide bonds. The normalized spacial score (nSPS) is 12.1. The van der Waals surface area contributed by atoms with Crippen LogP contribution in [0.5, 0.6) is 0 Å². The Morgan fingerprint density at radius 2 is 0.812 bits per heavy atom. The molecule has 0 saturated heterocycles. The second-order valence-electron chi connectivity index (χ2n) is 8.55. The lowest BCUT2D eigenvalue weighted by Gasteiger charge is -2.08. The lowest BCUT2D eigenvalue weighted by molar-refractivity contribution is 0.248. The van der Waals surface area contributed by atoms with E-state index in [1.165, 1.54) is 51.4 Å². The van der Waals surface area contributed by atoms with Crippen molar-refractivity contribution in [3.05, 3.63) is 0 Å². The molecule has 0 aliphatic heterocycles. The molecule has 0 unspecified atom stereocenters. The molecule has 0 spiro atoms. The van der Waals surface area contributed by atoms with Crippen LogP contribution in [0.2, 0.25) is 0 Å². The summed E-state index contributed by atoms with van der Waals surface area (Å²) in [5.41, 5.74) is 17.2. The third-order valence-electron chi connectivity index (χ3n) is 5.47. The summed E-state index contributed by atoms with van der Waals surface area (Å²) in [4.78, 5) is 21.9. The highest BCUT2D eigenvalue weighted by Crippen LogP contribution is 2.14. The number of nitrogens with one attached hydrogen (secondary N) is 2. The quantitative estimate of drug-likeness (QED) is 0.0951. The highest BCUT2D eigenvalue weighted by Gasteiger charge is 2.04. The zero-order valence-electron chi connectivity index (χ0n) is 20.6. The first kappa shape index (κ1) is 29.9. The summed E-state index contributed by atoms with van der Waals surface area (Å²) >= 11 is 0. The van der Waals surface area contributed by atoms with Crippen LogP contribution >= 0.6 is 0 Å². The zero-order valence-corrected chi connectivity index (χ0v) is 20.6. The Morgan fingerprint density at radius 1 is 0.531 bits per heavy atom. The highest BCUT2D eigenvalue weighted by molar-refractivity contribution is 5.86. The number of carbonyl (C=O) groups excluding carboxylic acids is 2. The van der Waals surface area contributed by atoms with Gasteiger partial charge in [0.15, 0.2) is 0 Å². The number of carbonyl (C=O) groups is 2. The van der Waals surface area contributed by atoms with Crippen molar-refractivity contribution >= 4 is 23.5 Å². The molecule has 0 aromatic heterocycles. The molecule has 8 heteroatoms. The molecule has 0 fully saturated rings. The van der Waals surface area contributed by atoms with Crippen LogP contribution in [-0.4, -0.2) is 23.5 Å². The number of hydrazone groups is 2. The zero-order chi connectivity index (χ0) is 23.9. The molecule has 0 atom stereocenters. The van der Waals surface area contributed by atoms with E-state index in [0.29, 0.717) is 0 Å². The number of unbranched alkanes of at least 4 members (excludes halogenated alkanes) is 11. The van der Waals surface area contributed by atoms with Gasteiger partial charge in [-0.25, -0.2) is 20.4 Å². The van der Waals surface area contributed by atoms with Crippen LogP contribution in [0.1, 0.15) is 129 Å². The maximum Gasteiger partial charge on any atom is 0.332 e. The summed E-state index contributed by atoms with van der Waals surface area (Å²) in [6.45, 7) is 4.39. The number of amides is 4. The lowest BCUT2D eigenvalue weighted by Crippen LogP contribution is -2.25. The summed E-state index contributed by atoms with van der Waals surface area (Å²) in [5, 5.41) is 8.39. The molecule has 0 aromatic rings. The second kappa shape index (κ2) is 22.1. The fourth-order valence-corrected chi connectivity index (χ4v) is 3.62. The first-order chi connectivity index (χ1) is 15.5. The van der Waals surface area contributed by atoms with Crippen LogP contribution in [0, 0.1) is 0 Å². The summed E-state index contributed by atoms with van der Waals surface area (Å²) < 4.78 is 0. The minimum atomic E-state index is -0.602. The number of primary amides is 2. The largest absolute Gasteiger partial charge is 0.350 e. The van der Waals surface area contributed by atoms with Gasteiger partial charge in [0.2, 0.25) is 0 Å². The van der Waals surface area contributed by atoms with Gasteiger partial charge in [0.25, 0.3) is 0 Å². The van der Waals surface area contributed by atoms with Gasteiger partial charge in [-0.2, -0.15) is 10.2 Å². The average Bonchev–Trinajstić information content (AvgIpc) is 2.76. The molecular weight excluding hydrogens is 404 g/mol. The van der Waals surface area contributed by atoms with Crippen molar-refractivity contribution in [1.82, 2.24) is 10.9 Å². The number of rotatable bonds is 21. The van der Waals surface area contributed by atoms with E-state index in [0.717, 1.165) is 75.6 Å². The monoisotopic (exact) mass is 452 g/mol. The van der Waals surface area contributed by atoms with Crippen molar-refractivity contribution in [3.8, 4) is 0 Å². The second-order valence-corrected chi connectivity index (χ2v) is 8.55. The maximum atomic E-state index is 10.9. The molecule has 0 aromatic carbocycles. The van der Waals surface area contributed by atoms with Crippen LogP contribution in [0.3, 0.4) is 0 Å². The standard InChI is InChI=1S/C24H48N6O2/c1-3-5-7-13-17-21(27-29-23(25)31)19-15-11-9-10-12-16-20-22(28-30-24(26)32)18-14-8-6-4-2/h3-20H2,1-2H3,(H3,25,29,31)(H3,26,30,32). The van der Waals surface area contributed by atoms with E-state index in [-0.39, 0.29) is 0 Å². The van der Waals surface area contributed by atoms with Gasteiger partial charge in [0.05, 0.1) is 0 Å². The highest BCUT2D eigenvalue weighted by atomic mass is 16.2. The van der Waals surface area contributed by atoms with Crippen molar-refractivity contribution in [2.75, 3.05) is 0 Å². The Hall–Kier alpha value is -2.12. The predicted octanol–water partition coefficient (Wildman–Crippen LogP) is 6.10. The van der Waals surface area contributed by atoms with Crippen LogP contribution in [0.15, 0.2) is 10.2 Å². The smallest absolute Gasteiger partial charge is 0.332 e. The molecule has 0 radical (unpaired) electrons. The summed E-state index contributed by atoms with van der Waals surface area (Å²) in [5.74, 6) is 0. The van der Waals surface area contributed by atoms with Crippen molar-refractivity contribution < 1.29 is 9.59 Å². The van der Waals surface area contributed by atoms with Crippen molar-refractivity contribution in [3.63, 3.8) is 0 Å². The van der Waals surface area contributed by atoms with Crippen LogP contribution in [-0.2, 0) is 0 Å². The van der Waals surface area contributed by atoms with Gasteiger partial charge < -0.3 is 11.5 Å². The van der Waals surface area contributed by atoms with Gasteiger partial charge in [-0.05, 0) is 51.4 Å². The minimum Gasteiger partial charge on any atom is -0.350 e. The molecule has 0 bridgehead atoms. The van der Waals surface area contributed by atoms with Crippen molar-refractivity contribution in [1.29, 1.82) is 0 Å². The fourth-order valence-electron chi connectivity index (χ4n) is 3.62. The number of hydrogen-bond donors (Lipinski definition) is 4. The summed E-state index contributed by atoms with van der Waals surface area (Å²) in [7, 11) is 0. The average molecular weight is 453 g/mol. The van der Waals surface area contributed by atoms with Crippen LogP contribution in [0.4, 0.5) is 9.59 Å². The van der Waals surface area contributed by atoms with Crippen LogP contribution < -0.4 is 22.3 Å². The minimum absolute atomic E-state index is 0.602. The van der Waals surface area contributed by atoms with Gasteiger partial charge in [-0.3, -0.25) is 0 Å². The molecule has 32 heavy (non-hydrogen) atoms. The van der Waals surface area contributed by atoms with Crippen LogP contribution in [0.25, 0.3) is 0 Å². The van der Waals surface area contributed by atoms with Gasteiger partial charge >= 0.3 is 12.1 Å². The first-order valence-corrected chi connectivity index (χ1v) is 12.7. The third-order valence-corrected chi connectivity index (χ3v) is 5.47. The van der Waals surface area contributed by atoms with Crippen molar-refractivity contribution in [2.45, 2.75) is 129 Å². The van der Waals surface area contributed by atoms with Gasteiger partial charge in [-0.1, -0.05) is 78.1 Å². The number of hydrogen-bond acceptors (Lipinski definition) is 4. The molecule has 0 saturated carbocycles. The van der Waals surface area contributed by atoms with Gasteiger partial charge in [0, 0.05) is 11.4 Å². The van der Waals surface area contributed by atoms with E-state index < -0.39 is 12.1 Å². The van der Waals surface area contributed by atoms with Crippen molar-refractivity contribution in [2.24, 2.45) is 21.7 Å².